The first-order valence-corrected chi connectivity index (χ1v) is 9.75. The summed E-state index contributed by atoms with van der Waals surface area (Å²) in [6.07, 6.45) is 0. The predicted molar refractivity (Wildman–Crippen MR) is 113 cm³/mol. The number of rotatable bonds is 8. The Kier molecular flexibility index (Phi) is 7.32. The minimum absolute atomic E-state index is 0.0937. The number of nitrogens with one attached hydrogen (secondary N) is 2. The minimum atomic E-state index is -1.22. The molecule has 31 heavy (non-hydrogen) atoms. The number of aliphatic hydroxyl groups is 1. The second-order valence-corrected chi connectivity index (χ2v) is 8.02. The molecule has 0 aliphatic heterocycles. The largest absolute Gasteiger partial charge is 0.389 e. The number of benzene rings is 1. The average molecular weight is 435 g/mol. The van der Waals surface area contributed by atoms with E-state index in [1.165, 1.54) is 43.5 Å². The van der Waals surface area contributed by atoms with Crippen LogP contribution in [0.1, 0.15) is 51.5 Å². The molecule has 2 amide bonds. The van der Waals surface area contributed by atoms with E-state index in [1.807, 2.05) is 0 Å². The minimum Gasteiger partial charge on any atom is -0.389 e. The molecule has 9 heteroatoms. The maximum atomic E-state index is 13.5. The molecular formula is C22H27F2N3O4. The van der Waals surface area contributed by atoms with Gasteiger partial charge in [-0.2, -0.15) is 0 Å². The van der Waals surface area contributed by atoms with Crippen LogP contribution in [0.4, 0.5) is 14.5 Å². The van der Waals surface area contributed by atoms with Crippen molar-refractivity contribution in [1.82, 2.24) is 9.88 Å². The number of Topliss-reactive ketones (excluding diaryl/α,β-unsaturated/α-hetero) is 1. The average Bonchev–Trinajstić information content (AvgIpc) is 2.92. The van der Waals surface area contributed by atoms with Crippen LogP contribution in [0.25, 0.3) is 0 Å². The summed E-state index contributed by atoms with van der Waals surface area (Å²) < 4.78 is 28.0. The van der Waals surface area contributed by atoms with Crippen LogP contribution >= 0.6 is 0 Å². The van der Waals surface area contributed by atoms with E-state index in [-0.39, 0.29) is 29.9 Å². The smallest absolute Gasteiger partial charge is 0.294 e. The standard InChI is InChI=1S/C22H27F2N3O4/c1-12-10-15(6-7-16(12)24)26-20(29)17-13(2)18(27(9-8-23)14(17)3)19(28)21(30)25-11-22(4,5)31/h6-7,10,31H,8-9,11H2,1-5H3,(H,25,30)(H,26,29). The van der Waals surface area contributed by atoms with Crippen molar-refractivity contribution < 1.29 is 28.3 Å². The summed E-state index contributed by atoms with van der Waals surface area (Å²) in [4.78, 5) is 38.0. The topological polar surface area (TPSA) is 100 Å². The highest BCUT2D eigenvalue weighted by Crippen LogP contribution is 2.25. The lowest BCUT2D eigenvalue weighted by Gasteiger charge is -2.17. The number of nitrogens with zero attached hydrogens (tertiary/aromatic N) is 1. The van der Waals surface area contributed by atoms with Crippen LogP contribution in [-0.2, 0) is 11.3 Å². The number of ketones is 1. The fourth-order valence-electron chi connectivity index (χ4n) is 3.29. The molecule has 2 rings (SSSR count). The first kappa shape index (κ1) is 24.2. The molecule has 1 aromatic carbocycles. The van der Waals surface area contributed by atoms with Crippen molar-refractivity contribution in [1.29, 1.82) is 0 Å². The molecule has 0 atom stereocenters. The summed E-state index contributed by atoms with van der Waals surface area (Å²) in [6, 6.07) is 4.09. The monoisotopic (exact) mass is 435 g/mol. The molecule has 0 fully saturated rings. The molecule has 0 spiro atoms. The lowest BCUT2D eigenvalue weighted by molar-refractivity contribution is -0.118. The zero-order chi connectivity index (χ0) is 23.5. The van der Waals surface area contributed by atoms with E-state index in [0.29, 0.717) is 16.9 Å². The van der Waals surface area contributed by atoms with Crippen molar-refractivity contribution >= 4 is 23.3 Å². The third kappa shape index (κ3) is 5.55. The molecule has 1 aromatic heterocycles. The van der Waals surface area contributed by atoms with Crippen LogP contribution in [0, 0.1) is 26.6 Å². The van der Waals surface area contributed by atoms with Crippen molar-refractivity contribution in [3.8, 4) is 0 Å². The van der Waals surface area contributed by atoms with E-state index in [2.05, 4.69) is 10.6 Å². The van der Waals surface area contributed by atoms with Crippen molar-refractivity contribution in [2.45, 2.75) is 46.8 Å². The molecule has 0 aliphatic rings. The predicted octanol–water partition coefficient (Wildman–Crippen LogP) is 2.84. The number of anilines is 1. The highest BCUT2D eigenvalue weighted by atomic mass is 19.1. The number of aromatic nitrogens is 1. The summed E-state index contributed by atoms with van der Waals surface area (Å²) in [5.74, 6) is -2.88. The van der Waals surface area contributed by atoms with E-state index in [4.69, 9.17) is 0 Å². The molecule has 168 valence electrons. The summed E-state index contributed by atoms with van der Waals surface area (Å²) in [7, 11) is 0. The third-order valence-corrected chi connectivity index (χ3v) is 4.82. The van der Waals surface area contributed by atoms with Gasteiger partial charge in [-0.25, -0.2) is 8.78 Å². The Morgan fingerprint density at radius 3 is 2.35 bits per heavy atom. The maximum absolute atomic E-state index is 13.5. The normalized spacial score (nSPS) is 11.4. The van der Waals surface area contributed by atoms with Crippen LogP contribution < -0.4 is 10.6 Å². The lowest BCUT2D eigenvalue weighted by Crippen LogP contribution is -2.41. The van der Waals surface area contributed by atoms with Gasteiger partial charge in [0.2, 0.25) is 0 Å². The van der Waals surface area contributed by atoms with E-state index in [0.717, 1.165) is 0 Å². The number of amides is 2. The van der Waals surface area contributed by atoms with Gasteiger partial charge in [0.05, 0.1) is 23.4 Å². The molecule has 0 unspecified atom stereocenters. The first-order chi connectivity index (χ1) is 14.4. The van der Waals surface area contributed by atoms with Gasteiger partial charge in [-0.3, -0.25) is 14.4 Å². The number of alkyl halides is 1. The van der Waals surface area contributed by atoms with Gasteiger partial charge in [0.1, 0.15) is 12.5 Å². The highest BCUT2D eigenvalue weighted by Gasteiger charge is 2.30. The number of hydrogen-bond donors (Lipinski definition) is 3. The van der Waals surface area contributed by atoms with Gasteiger partial charge in [0, 0.05) is 17.9 Å². The van der Waals surface area contributed by atoms with Crippen molar-refractivity contribution in [3.05, 3.63) is 52.1 Å². The summed E-state index contributed by atoms with van der Waals surface area (Å²) in [6.45, 7) is 6.38. The van der Waals surface area contributed by atoms with Crippen molar-refractivity contribution in [2.75, 3.05) is 18.5 Å². The summed E-state index contributed by atoms with van der Waals surface area (Å²) >= 11 is 0. The third-order valence-electron chi connectivity index (χ3n) is 4.82. The molecule has 0 saturated heterocycles. The Bertz CT molecular complexity index is 1020. The molecule has 1 heterocycles. The molecule has 0 bridgehead atoms. The van der Waals surface area contributed by atoms with Gasteiger partial charge in [-0.15, -0.1) is 0 Å². The Hall–Kier alpha value is -3.07. The summed E-state index contributed by atoms with van der Waals surface area (Å²) in [5.41, 5.74) is 0.0752. The Balaban J connectivity index is 2.41. The van der Waals surface area contributed by atoms with Crippen molar-refractivity contribution in [3.63, 3.8) is 0 Å². The second kappa shape index (κ2) is 9.38. The summed E-state index contributed by atoms with van der Waals surface area (Å²) in [5, 5.41) is 14.7. The van der Waals surface area contributed by atoms with E-state index < -0.39 is 35.7 Å². The fourth-order valence-corrected chi connectivity index (χ4v) is 3.29. The lowest BCUT2D eigenvalue weighted by atomic mass is 10.1. The quantitative estimate of drug-likeness (QED) is 0.438. The Morgan fingerprint density at radius 1 is 1.16 bits per heavy atom. The highest BCUT2D eigenvalue weighted by molar-refractivity contribution is 6.43. The number of halogens is 2. The number of carbonyl (C=O) groups excluding carboxylic acids is 3. The number of aryl methyl sites for hydroxylation is 1. The van der Waals surface area contributed by atoms with Crippen LogP contribution in [0.3, 0.4) is 0 Å². The Labute approximate surface area is 179 Å². The van der Waals surface area contributed by atoms with Gasteiger partial charge in [-0.1, -0.05) is 0 Å². The number of carbonyl (C=O) groups is 3. The van der Waals surface area contributed by atoms with Crippen LogP contribution in [0.15, 0.2) is 18.2 Å². The maximum Gasteiger partial charge on any atom is 0.294 e. The zero-order valence-corrected chi connectivity index (χ0v) is 18.2. The van der Waals surface area contributed by atoms with Gasteiger partial charge >= 0.3 is 0 Å². The van der Waals surface area contributed by atoms with Crippen LogP contribution in [-0.4, -0.2) is 46.1 Å². The Morgan fingerprint density at radius 2 is 1.81 bits per heavy atom. The van der Waals surface area contributed by atoms with E-state index >= 15 is 0 Å². The SMILES string of the molecule is Cc1cc(NC(=O)c2c(C)c(C(=O)C(=O)NCC(C)(C)O)n(CCF)c2C)ccc1F. The molecule has 3 N–H and O–H groups in total. The zero-order valence-electron chi connectivity index (χ0n) is 18.2. The first-order valence-electron chi connectivity index (χ1n) is 9.75. The second-order valence-electron chi connectivity index (χ2n) is 8.02. The molecule has 0 aliphatic carbocycles. The fraction of sp³-hybridized carbons (Fsp3) is 0.409. The molecule has 0 saturated carbocycles. The van der Waals surface area contributed by atoms with Gasteiger partial charge < -0.3 is 20.3 Å². The van der Waals surface area contributed by atoms with E-state index in [1.54, 1.807) is 13.8 Å². The van der Waals surface area contributed by atoms with Crippen molar-refractivity contribution in [2.24, 2.45) is 0 Å². The molecule has 2 aromatic rings. The number of hydrogen-bond acceptors (Lipinski definition) is 4. The van der Waals surface area contributed by atoms with Crippen LogP contribution in [0.5, 0.6) is 0 Å². The van der Waals surface area contributed by atoms with Crippen LogP contribution in [0.2, 0.25) is 0 Å². The van der Waals surface area contributed by atoms with E-state index in [9.17, 15) is 28.3 Å². The molecule has 0 radical (unpaired) electrons. The van der Waals surface area contributed by atoms with Gasteiger partial charge in [-0.05, 0) is 63.9 Å². The van der Waals surface area contributed by atoms with Gasteiger partial charge in [0.15, 0.2) is 0 Å². The molecular weight excluding hydrogens is 408 g/mol. The molecule has 7 nitrogen and oxygen atoms in total. The van der Waals surface area contributed by atoms with Gasteiger partial charge in [0.25, 0.3) is 17.6 Å².